The van der Waals surface area contributed by atoms with Gasteiger partial charge in [-0.25, -0.2) is 4.99 Å². The quantitative estimate of drug-likeness (QED) is 0.695. The van der Waals surface area contributed by atoms with Crippen molar-refractivity contribution in [3.05, 3.63) is 83.7 Å². The number of nitrogens with zero attached hydrogens (tertiary/aromatic N) is 3. The van der Waals surface area contributed by atoms with Crippen LogP contribution in [-0.4, -0.2) is 23.8 Å². The van der Waals surface area contributed by atoms with Gasteiger partial charge in [0.05, 0.1) is 14.2 Å². The molecular weight excluding hydrogens is 376 g/mol. The standard InChI is InChI=1S/C15H18N4.C9H12O2/c1-11(2)18-15-14(17-7-8-19(15)3)13-6-4-5-12(9-13)10-16;1-7-4-8(10-2)6-9(5-7)11-3/h4-9H,1,10,16H2,2-3H3;4-6H,1-3H3. The van der Waals surface area contributed by atoms with E-state index in [0.717, 1.165) is 45.1 Å². The van der Waals surface area contributed by atoms with E-state index in [0.29, 0.717) is 6.54 Å². The van der Waals surface area contributed by atoms with Crippen LogP contribution in [0.4, 0.5) is 0 Å². The van der Waals surface area contributed by atoms with Gasteiger partial charge in [0.15, 0.2) is 5.49 Å². The SMILES string of the molecule is C=C(C)N=c1c(-c2cccc(CN)c2)nccn1C.COc1cc(C)cc(OC)c1. The molecule has 158 valence electrons. The molecule has 0 saturated heterocycles. The minimum absolute atomic E-state index is 0.514. The minimum atomic E-state index is 0.514. The summed E-state index contributed by atoms with van der Waals surface area (Å²) in [6.45, 7) is 8.22. The van der Waals surface area contributed by atoms with E-state index in [4.69, 9.17) is 15.2 Å². The molecule has 0 aliphatic rings. The van der Waals surface area contributed by atoms with Crippen molar-refractivity contribution in [3.8, 4) is 22.8 Å². The Morgan fingerprint density at radius 2 is 1.80 bits per heavy atom. The summed E-state index contributed by atoms with van der Waals surface area (Å²) in [5.74, 6) is 1.67. The van der Waals surface area contributed by atoms with Gasteiger partial charge in [-0.2, -0.15) is 0 Å². The van der Waals surface area contributed by atoms with Gasteiger partial charge in [0, 0.05) is 43.3 Å². The number of methoxy groups -OCH3 is 2. The van der Waals surface area contributed by atoms with Crippen molar-refractivity contribution in [1.82, 2.24) is 9.55 Å². The molecule has 1 heterocycles. The number of hydrogen-bond donors (Lipinski definition) is 1. The fourth-order valence-corrected chi connectivity index (χ4v) is 2.81. The molecule has 2 aromatic carbocycles. The lowest BCUT2D eigenvalue weighted by Crippen LogP contribution is -2.21. The summed E-state index contributed by atoms with van der Waals surface area (Å²) in [6.07, 6.45) is 3.64. The highest BCUT2D eigenvalue weighted by atomic mass is 16.5. The fraction of sp³-hybridized carbons (Fsp3) is 0.250. The molecule has 0 amide bonds. The van der Waals surface area contributed by atoms with E-state index in [1.165, 1.54) is 0 Å². The van der Waals surface area contributed by atoms with Crippen LogP contribution in [0, 0.1) is 6.92 Å². The number of hydrogen-bond acceptors (Lipinski definition) is 5. The first-order valence-corrected chi connectivity index (χ1v) is 9.58. The molecule has 30 heavy (non-hydrogen) atoms. The molecule has 0 radical (unpaired) electrons. The van der Waals surface area contributed by atoms with Gasteiger partial charge in [-0.15, -0.1) is 0 Å². The first-order chi connectivity index (χ1) is 14.4. The molecule has 0 bridgehead atoms. The van der Waals surface area contributed by atoms with E-state index >= 15 is 0 Å². The second-order valence-corrected chi connectivity index (χ2v) is 6.85. The van der Waals surface area contributed by atoms with Crippen molar-refractivity contribution in [2.45, 2.75) is 20.4 Å². The zero-order valence-electron chi connectivity index (χ0n) is 18.3. The van der Waals surface area contributed by atoms with Crippen LogP contribution >= 0.6 is 0 Å². The summed E-state index contributed by atoms with van der Waals surface area (Å²) in [5, 5.41) is 0. The van der Waals surface area contributed by atoms with Crippen molar-refractivity contribution in [2.75, 3.05) is 14.2 Å². The van der Waals surface area contributed by atoms with Crippen LogP contribution < -0.4 is 20.7 Å². The monoisotopic (exact) mass is 406 g/mol. The Morgan fingerprint density at radius 1 is 1.13 bits per heavy atom. The van der Waals surface area contributed by atoms with Crippen LogP contribution in [0.1, 0.15) is 18.1 Å². The third kappa shape index (κ3) is 6.32. The van der Waals surface area contributed by atoms with Gasteiger partial charge in [-0.3, -0.25) is 4.98 Å². The van der Waals surface area contributed by atoms with Gasteiger partial charge >= 0.3 is 0 Å². The van der Waals surface area contributed by atoms with Crippen LogP contribution in [0.25, 0.3) is 11.3 Å². The number of aromatic nitrogens is 2. The molecule has 0 fully saturated rings. The Labute approximate surface area is 178 Å². The number of nitrogens with two attached hydrogens (primary N) is 1. The topological polar surface area (TPSA) is 74.7 Å². The molecule has 6 nitrogen and oxygen atoms in total. The average molecular weight is 407 g/mol. The number of ether oxygens (including phenoxy) is 2. The number of rotatable bonds is 5. The van der Waals surface area contributed by atoms with E-state index in [-0.39, 0.29) is 0 Å². The predicted molar refractivity (Wildman–Crippen MR) is 121 cm³/mol. The van der Waals surface area contributed by atoms with E-state index in [1.807, 2.05) is 74.1 Å². The Morgan fingerprint density at radius 3 is 2.37 bits per heavy atom. The van der Waals surface area contributed by atoms with Gasteiger partial charge in [0.25, 0.3) is 0 Å². The number of aryl methyl sites for hydroxylation is 2. The Balaban J connectivity index is 0.000000248. The fourth-order valence-electron chi connectivity index (χ4n) is 2.81. The van der Waals surface area contributed by atoms with E-state index in [9.17, 15) is 0 Å². The number of allylic oxidation sites excluding steroid dienone is 1. The molecule has 6 heteroatoms. The van der Waals surface area contributed by atoms with Crippen molar-refractivity contribution in [1.29, 1.82) is 0 Å². The highest BCUT2D eigenvalue weighted by Gasteiger charge is 2.05. The third-order valence-electron chi connectivity index (χ3n) is 4.27. The Hall–Kier alpha value is -3.38. The second-order valence-electron chi connectivity index (χ2n) is 6.85. The first kappa shape index (κ1) is 22.9. The molecule has 3 rings (SSSR count). The molecule has 2 N–H and O–H groups in total. The summed E-state index contributed by atoms with van der Waals surface area (Å²) in [7, 11) is 5.24. The van der Waals surface area contributed by atoms with Crippen molar-refractivity contribution in [2.24, 2.45) is 17.8 Å². The molecule has 0 spiro atoms. The van der Waals surface area contributed by atoms with Crippen LogP contribution in [-0.2, 0) is 13.6 Å². The molecule has 1 aromatic heterocycles. The second kappa shape index (κ2) is 11.0. The smallest absolute Gasteiger partial charge is 0.159 e. The summed E-state index contributed by atoms with van der Waals surface area (Å²) in [5.41, 5.74) is 11.3. The molecule has 3 aromatic rings. The number of benzene rings is 2. The van der Waals surface area contributed by atoms with Crippen molar-refractivity contribution in [3.63, 3.8) is 0 Å². The zero-order valence-corrected chi connectivity index (χ0v) is 18.3. The van der Waals surface area contributed by atoms with Gasteiger partial charge in [-0.05, 0) is 43.2 Å². The largest absolute Gasteiger partial charge is 0.497 e. The normalized spacial score (nSPS) is 10.8. The first-order valence-electron chi connectivity index (χ1n) is 9.58. The van der Waals surface area contributed by atoms with Crippen LogP contribution in [0.5, 0.6) is 11.5 Å². The molecular formula is C24H30N4O2. The van der Waals surface area contributed by atoms with Crippen molar-refractivity contribution >= 4 is 0 Å². The Kier molecular flexibility index (Phi) is 8.38. The maximum absolute atomic E-state index is 5.68. The maximum atomic E-state index is 5.68. The summed E-state index contributed by atoms with van der Waals surface area (Å²) in [6, 6.07) is 13.8. The predicted octanol–water partition coefficient (Wildman–Crippen LogP) is 3.99. The molecule has 0 aliphatic heterocycles. The molecule has 0 saturated carbocycles. The maximum Gasteiger partial charge on any atom is 0.159 e. The zero-order chi connectivity index (χ0) is 22.1. The van der Waals surface area contributed by atoms with E-state index < -0.39 is 0 Å². The van der Waals surface area contributed by atoms with Gasteiger partial charge in [0.1, 0.15) is 17.2 Å². The lowest BCUT2D eigenvalue weighted by atomic mass is 10.1. The Bertz CT molecular complexity index is 1050. The molecule has 0 unspecified atom stereocenters. The van der Waals surface area contributed by atoms with Crippen molar-refractivity contribution < 1.29 is 9.47 Å². The van der Waals surface area contributed by atoms with E-state index in [1.54, 1.807) is 20.4 Å². The highest BCUT2D eigenvalue weighted by molar-refractivity contribution is 5.58. The van der Waals surface area contributed by atoms with Gasteiger partial charge in [-0.1, -0.05) is 24.8 Å². The lowest BCUT2D eigenvalue weighted by molar-refractivity contribution is 0.394. The molecule has 0 atom stereocenters. The third-order valence-corrected chi connectivity index (χ3v) is 4.27. The van der Waals surface area contributed by atoms with Crippen LogP contribution in [0.2, 0.25) is 0 Å². The van der Waals surface area contributed by atoms with Crippen LogP contribution in [0.3, 0.4) is 0 Å². The average Bonchev–Trinajstić information content (AvgIpc) is 2.74. The lowest BCUT2D eigenvalue weighted by Gasteiger charge is -2.07. The molecule has 0 aliphatic carbocycles. The van der Waals surface area contributed by atoms with E-state index in [2.05, 4.69) is 16.6 Å². The summed E-state index contributed by atoms with van der Waals surface area (Å²) < 4.78 is 12.1. The van der Waals surface area contributed by atoms with Gasteiger partial charge < -0.3 is 19.8 Å². The highest BCUT2D eigenvalue weighted by Crippen LogP contribution is 2.21. The van der Waals surface area contributed by atoms with Crippen LogP contribution in [0.15, 0.2) is 72.1 Å². The summed E-state index contributed by atoms with van der Waals surface area (Å²) >= 11 is 0. The summed E-state index contributed by atoms with van der Waals surface area (Å²) in [4.78, 5) is 8.91. The minimum Gasteiger partial charge on any atom is -0.497 e. The van der Waals surface area contributed by atoms with Gasteiger partial charge in [0.2, 0.25) is 0 Å².